The van der Waals surface area contributed by atoms with Crippen LogP contribution in [0.25, 0.3) is 22.2 Å². The summed E-state index contributed by atoms with van der Waals surface area (Å²) in [6, 6.07) is 6.82. The van der Waals surface area contributed by atoms with Crippen molar-refractivity contribution in [3.8, 4) is 17.0 Å². The molecule has 1 fully saturated rings. The summed E-state index contributed by atoms with van der Waals surface area (Å²) in [5, 5.41) is 20.3. The Morgan fingerprint density at radius 2 is 1.86 bits per heavy atom. The van der Waals surface area contributed by atoms with E-state index >= 15 is 0 Å². The van der Waals surface area contributed by atoms with Crippen LogP contribution >= 0.6 is 0 Å². The van der Waals surface area contributed by atoms with Gasteiger partial charge < -0.3 is 26.2 Å². The minimum Gasteiger partial charge on any atom is -0.495 e. The van der Waals surface area contributed by atoms with Crippen LogP contribution < -0.4 is 21.1 Å². The molecule has 1 saturated carbocycles. The highest BCUT2D eigenvalue weighted by Gasteiger charge is 2.32. The van der Waals surface area contributed by atoms with Gasteiger partial charge in [-0.3, -0.25) is 19.3 Å². The molecule has 10 nitrogen and oxygen atoms in total. The fourth-order valence-electron chi connectivity index (χ4n) is 5.50. The second-order valence-electron chi connectivity index (χ2n) is 10.6. The van der Waals surface area contributed by atoms with Gasteiger partial charge in [0.25, 0.3) is 5.91 Å². The molecule has 0 atom stereocenters. The second-order valence-corrected chi connectivity index (χ2v) is 10.6. The Hall–Kier alpha value is -4.72. The van der Waals surface area contributed by atoms with E-state index in [4.69, 9.17) is 20.7 Å². The molecule has 232 valence electrons. The molecule has 1 aliphatic carbocycles. The maximum Gasteiger partial charge on any atom is 0.416 e. The molecule has 4 aromatic rings. The Bertz CT molecular complexity index is 1700. The molecule has 0 radical (unpaired) electrons. The largest absolute Gasteiger partial charge is 0.495 e. The first-order valence-electron chi connectivity index (χ1n) is 13.9. The Balaban J connectivity index is 1.39. The SMILES string of the molecule is COc1cc(-c2nn(C3CCC(NCCC(=O)O)CC3)c3cncc(N)c23)ccc1NC(=O)c1ccc(C(F)(F)F)cc1F. The lowest BCUT2D eigenvalue weighted by Crippen LogP contribution is -2.35. The lowest BCUT2D eigenvalue weighted by Gasteiger charge is -2.29. The van der Waals surface area contributed by atoms with Gasteiger partial charge in [-0.25, -0.2) is 4.39 Å². The predicted octanol–water partition coefficient (Wildman–Crippen LogP) is 5.65. The number of rotatable bonds is 9. The predicted molar refractivity (Wildman–Crippen MR) is 155 cm³/mol. The average molecular weight is 615 g/mol. The maximum atomic E-state index is 14.4. The molecule has 0 saturated heterocycles. The fraction of sp³-hybridized carbons (Fsp3) is 0.333. The number of halogens is 4. The number of nitrogens with zero attached hydrogens (tertiary/aromatic N) is 3. The molecule has 0 bridgehead atoms. The Morgan fingerprint density at radius 3 is 2.52 bits per heavy atom. The number of carboxylic acids is 1. The van der Waals surface area contributed by atoms with E-state index in [1.165, 1.54) is 19.4 Å². The number of anilines is 2. The normalized spacial score (nSPS) is 17.0. The van der Waals surface area contributed by atoms with Crippen LogP contribution in [0.2, 0.25) is 0 Å². The smallest absolute Gasteiger partial charge is 0.416 e. The first-order chi connectivity index (χ1) is 21.0. The van der Waals surface area contributed by atoms with Gasteiger partial charge in [-0.15, -0.1) is 0 Å². The number of methoxy groups -OCH3 is 1. The monoisotopic (exact) mass is 614 g/mol. The molecule has 1 amide bonds. The molecule has 14 heteroatoms. The summed E-state index contributed by atoms with van der Waals surface area (Å²) in [6.45, 7) is 0.414. The van der Waals surface area contributed by atoms with Gasteiger partial charge in [0, 0.05) is 18.2 Å². The van der Waals surface area contributed by atoms with Crippen LogP contribution in [0.1, 0.15) is 54.1 Å². The molecular weight excluding hydrogens is 584 g/mol. The Kier molecular flexibility index (Phi) is 8.72. The summed E-state index contributed by atoms with van der Waals surface area (Å²) in [5.41, 5.74) is 7.12. The number of carbonyl (C=O) groups is 2. The Morgan fingerprint density at radius 1 is 1.11 bits per heavy atom. The van der Waals surface area contributed by atoms with Crippen molar-refractivity contribution >= 4 is 34.2 Å². The van der Waals surface area contributed by atoms with Crippen molar-refractivity contribution in [2.75, 3.05) is 24.7 Å². The molecule has 1 aliphatic rings. The number of nitrogen functional groups attached to an aromatic ring is 1. The molecule has 2 heterocycles. The van der Waals surface area contributed by atoms with Crippen LogP contribution in [-0.4, -0.2) is 51.4 Å². The van der Waals surface area contributed by atoms with E-state index in [1.54, 1.807) is 18.3 Å². The number of nitrogens with two attached hydrogens (primary N) is 1. The summed E-state index contributed by atoms with van der Waals surface area (Å²) >= 11 is 0. The van der Waals surface area contributed by atoms with E-state index in [-0.39, 0.29) is 36.0 Å². The van der Waals surface area contributed by atoms with Gasteiger partial charge in [0.15, 0.2) is 0 Å². The van der Waals surface area contributed by atoms with Crippen molar-refractivity contribution in [2.24, 2.45) is 0 Å². The van der Waals surface area contributed by atoms with Gasteiger partial charge in [-0.2, -0.15) is 18.3 Å². The molecule has 0 spiro atoms. The average Bonchev–Trinajstić information content (AvgIpc) is 3.38. The van der Waals surface area contributed by atoms with Crippen molar-refractivity contribution in [1.29, 1.82) is 0 Å². The van der Waals surface area contributed by atoms with E-state index < -0.39 is 35.0 Å². The van der Waals surface area contributed by atoms with Crippen molar-refractivity contribution in [3.63, 3.8) is 0 Å². The number of hydrogen-bond donors (Lipinski definition) is 4. The van der Waals surface area contributed by atoms with E-state index in [0.29, 0.717) is 34.9 Å². The molecular formula is C30H30F4N6O4. The van der Waals surface area contributed by atoms with Gasteiger partial charge in [-0.1, -0.05) is 6.07 Å². The highest BCUT2D eigenvalue weighted by Crippen LogP contribution is 2.39. The number of benzene rings is 2. The lowest BCUT2D eigenvalue weighted by molar-refractivity contribution is -0.138. The van der Waals surface area contributed by atoms with Crippen LogP contribution in [0.15, 0.2) is 48.8 Å². The molecule has 5 rings (SSSR count). The highest BCUT2D eigenvalue weighted by molar-refractivity contribution is 6.06. The summed E-state index contributed by atoms with van der Waals surface area (Å²) in [7, 11) is 1.38. The van der Waals surface area contributed by atoms with Crippen molar-refractivity contribution in [3.05, 3.63) is 65.7 Å². The zero-order chi connectivity index (χ0) is 31.6. The van der Waals surface area contributed by atoms with Gasteiger partial charge >= 0.3 is 12.1 Å². The number of fused-ring (bicyclic) bond motifs is 1. The van der Waals surface area contributed by atoms with E-state index in [2.05, 4.69) is 15.6 Å². The zero-order valence-electron chi connectivity index (χ0n) is 23.6. The lowest BCUT2D eigenvalue weighted by atomic mass is 9.91. The molecule has 44 heavy (non-hydrogen) atoms. The second kappa shape index (κ2) is 12.5. The summed E-state index contributed by atoms with van der Waals surface area (Å²) in [6.07, 6.45) is 1.86. The first kappa shape index (κ1) is 30.7. The van der Waals surface area contributed by atoms with Crippen LogP contribution in [0.5, 0.6) is 5.75 Å². The highest BCUT2D eigenvalue weighted by atomic mass is 19.4. The Labute approximate surface area is 249 Å². The number of pyridine rings is 1. The van der Waals surface area contributed by atoms with E-state index in [9.17, 15) is 27.2 Å². The first-order valence-corrected chi connectivity index (χ1v) is 13.9. The number of amides is 1. The molecule has 2 aromatic carbocycles. The number of carboxylic acid groups (broad SMARTS) is 1. The summed E-state index contributed by atoms with van der Waals surface area (Å²) in [5.74, 6) is -2.88. The molecule has 5 N–H and O–H groups in total. The number of alkyl halides is 3. The number of ether oxygens (including phenoxy) is 1. The molecule has 2 aromatic heterocycles. The number of aromatic nitrogens is 3. The minimum absolute atomic E-state index is 0.0615. The molecule has 0 unspecified atom stereocenters. The van der Waals surface area contributed by atoms with E-state index in [0.717, 1.165) is 37.3 Å². The number of hydrogen-bond acceptors (Lipinski definition) is 7. The van der Waals surface area contributed by atoms with Gasteiger partial charge in [0.2, 0.25) is 0 Å². The van der Waals surface area contributed by atoms with E-state index in [1.807, 2.05) is 4.68 Å². The quantitative estimate of drug-likeness (QED) is 0.177. The third kappa shape index (κ3) is 6.44. The number of carbonyl (C=O) groups excluding carboxylic acids is 1. The van der Waals surface area contributed by atoms with Crippen molar-refractivity contribution in [2.45, 2.75) is 50.4 Å². The van der Waals surface area contributed by atoms with Crippen molar-refractivity contribution in [1.82, 2.24) is 20.1 Å². The van der Waals surface area contributed by atoms with Crippen LogP contribution in [0.3, 0.4) is 0 Å². The van der Waals surface area contributed by atoms with Crippen molar-refractivity contribution < 1.29 is 37.0 Å². The zero-order valence-corrected chi connectivity index (χ0v) is 23.6. The minimum atomic E-state index is -4.74. The fourth-order valence-corrected chi connectivity index (χ4v) is 5.50. The third-order valence-corrected chi connectivity index (χ3v) is 7.73. The summed E-state index contributed by atoms with van der Waals surface area (Å²) < 4.78 is 60.5. The van der Waals surface area contributed by atoms with Gasteiger partial charge in [0.1, 0.15) is 17.3 Å². The topological polar surface area (TPSA) is 144 Å². The van der Waals surface area contributed by atoms with Crippen LogP contribution in [-0.2, 0) is 11.0 Å². The van der Waals surface area contributed by atoms with Crippen LogP contribution in [0, 0.1) is 5.82 Å². The summed E-state index contributed by atoms with van der Waals surface area (Å²) in [4.78, 5) is 27.9. The van der Waals surface area contributed by atoms with Crippen LogP contribution in [0.4, 0.5) is 28.9 Å². The molecule has 0 aliphatic heterocycles. The number of aliphatic carboxylic acids is 1. The van der Waals surface area contributed by atoms with Gasteiger partial charge in [-0.05, 0) is 56.0 Å². The van der Waals surface area contributed by atoms with Gasteiger partial charge in [0.05, 0.1) is 65.4 Å². The maximum absolute atomic E-state index is 14.4. The standard InChI is InChI=1S/C30H30F4N6O4/c1-44-25-12-16(2-9-23(25)38-29(43)20-8-3-17(13-21(20)31)30(32,33)34)28-27-22(35)14-36-15-24(27)40(39-28)19-6-4-18(5-7-19)37-11-10-26(41)42/h2-3,8-9,12-15,18-19,37H,4-7,10-11,35H2,1H3,(H,38,43)(H,41,42). The third-order valence-electron chi connectivity index (χ3n) is 7.73. The number of nitrogens with one attached hydrogen (secondary N) is 2.